The largest absolute Gasteiger partial charge is 0.456 e. The van der Waals surface area contributed by atoms with Crippen LogP contribution in [0.2, 0.25) is 0 Å². The highest BCUT2D eigenvalue weighted by Gasteiger charge is 2.27. The summed E-state index contributed by atoms with van der Waals surface area (Å²) in [5.41, 5.74) is 0.752. The van der Waals surface area contributed by atoms with Crippen molar-refractivity contribution in [3.8, 4) is 0 Å². The minimum absolute atomic E-state index is 0.297. The Labute approximate surface area is 275 Å². The van der Waals surface area contributed by atoms with Gasteiger partial charge in [0.1, 0.15) is 22.3 Å². The molecule has 0 amide bonds. The topological polar surface area (TPSA) is 104 Å². The van der Waals surface area contributed by atoms with Crippen LogP contribution in [0.4, 0.5) is 0 Å². The molecule has 4 aromatic heterocycles. The zero-order valence-electron chi connectivity index (χ0n) is 27.7. The van der Waals surface area contributed by atoms with Crippen LogP contribution < -0.4 is 22.2 Å². The molecule has 0 spiro atoms. The Morgan fingerprint density at radius 3 is 1.19 bits per heavy atom. The molecule has 48 heavy (non-hydrogen) atoms. The molecule has 0 bridgehead atoms. The number of nitrogens with zero attached hydrogens (tertiary/aromatic N) is 2. The maximum Gasteiger partial charge on any atom is 0.261 e. The van der Waals surface area contributed by atoms with Gasteiger partial charge in [-0.3, -0.25) is 28.3 Å². The highest BCUT2D eigenvalue weighted by Crippen LogP contribution is 2.46. The van der Waals surface area contributed by atoms with Crippen LogP contribution in [0.25, 0.3) is 76.2 Å². The van der Waals surface area contributed by atoms with Crippen LogP contribution in [0.3, 0.4) is 0 Å². The normalized spacial score (nSPS) is 12.6. The van der Waals surface area contributed by atoms with Gasteiger partial charge >= 0.3 is 0 Å². The molecule has 8 nitrogen and oxygen atoms in total. The highest BCUT2D eigenvalue weighted by atomic mass is 16.3. The first-order chi connectivity index (χ1) is 23.4. The van der Waals surface area contributed by atoms with Gasteiger partial charge in [-0.1, -0.05) is 78.1 Å². The van der Waals surface area contributed by atoms with E-state index < -0.39 is 0 Å². The summed E-state index contributed by atoms with van der Waals surface area (Å²) in [5.74, 6) is 0. The zero-order chi connectivity index (χ0) is 33.1. The quantitative estimate of drug-likeness (QED) is 0.0665. The Morgan fingerprint density at radius 1 is 0.417 bits per heavy atom. The molecule has 0 fully saturated rings. The summed E-state index contributed by atoms with van der Waals surface area (Å²) in [4.78, 5) is 55.5. The molecule has 0 saturated heterocycles. The van der Waals surface area contributed by atoms with Gasteiger partial charge in [0.15, 0.2) is 0 Å². The van der Waals surface area contributed by atoms with Gasteiger partial charge in [-0.25, -0.2) is 0 Å². The molecule has 0 saturated carbocycles. The van der Waals surface area contributed by atoms with Crippen molar-refractivity contribution in [1.29, 1.82) is 0 Å². The minimum atomic E-state index is -0.326. The van der Waals surface area contributed by atoms with Gasteiger partial charge < -0.3 is 8.83 Å². The Balaban J connectivity index is 1.33. The van der Waals surface area contributed by atoms with Crippen molar-refractivity contribution in [3.63, 3.8) is 0 Å². The minimum Gasteiger partial charge on any atom is -0.456 e. The molecule has 0 aliphatic rings. The van der Waals surface area contributed by atoms with Crippen LogP contribution in [0.5, 0.6) is 0 Å². The van der Waals surface area contributed by atoms with E-state index in [1.54, 1.807) is 36.4 Å². The van der Waals surface area contributed by atoms with Crippen molar-refractivity contribution in [3.05, 3.63) is 77.8 Å². The van der Waals surface area contributed by atoms with E-state index in [2.05, 4.69) is 13.8 Å². The molecule has 0 aliphatic carbocycles. The molecule has 8 aromatic rings. The van der Waals surface area contributed by atoms with Gasteiger partial charge in [-0.05, 0) is 49.2 Å². The van der Waals surface area contributed by atoms with E-state index in [-0.39, 0.29) is 22.2 Å². The summed E-state index contributed by atoms with van der Waals surface area (Å²) in [6.07, 6.45) is 12.7. The smallest absolute Gasteiger partial charge is 0.261 e. The lowest BCUT2D eigenvalue weighted by molar-refractivity contribution is 0.545. The Bertz CT molecular complexity index is 2510. The lowest BCUT2D eigenvalue weighted by atomic mass is 9.91. The van der Waals surface area contributed by atoms with Crippen LogP contribution in [-0.4, -0.2) is 9.13 Å². The van der Waals surface area contributed by atoms with E-state index in [0.29, 0.717) is 78.5 Å². The van der Waals surface area contributed by atoms with E-state index in [1.165, 1.54) is 34.8 Å². The fourth-order valence-corrected chi connectivity index (χ4v) is 8.05. The first-order valence-electron chi connectivity index (χ1n) is 17.8. The van der Waals surface area contributed by atoms with E-state index in [4.69, 9.17) is 8.83 Å². The maximum absolute atomic E-state index is 13.9. The highest BCUT2D eigenvalue weighted by molar-refractivity contribution is 6.38. The molecule has 0 atom stereocenters. The second kappa shape index (κ2) is 12.1. The van der Waals surface area contributed by atoms with Gasteiger partial charge in [-0.15, -0.1) is 0 Å². The van der Waals surface area contributed by atoms with Crippen LogP contribution in [0, 0.1) is 0 Å². The first-order valence-corrected chi connectivity index (χ1v) is 17.8. The maximum atomic E-state index is 13.9. The Kier molecular flexibility index (Phi) is 7.69. The van der Waals surface area contributed by atoms with Gasteiger partial charge in [-0.2, -0.15) is 0 Å². The van der Waals surface area contributed by atoms with Gasteiger partial charge in [0, 0.05) is 56.2 Å². The van der Waals surface area contributed by atoms with Gasteiger partial charge in [0.05, 0.1) is 10.8 Å². The molecule has 0 N–H and O–H groups in total. The number of hydrogen-bond donors (Lipinski definition) is 0. The average Bonchev–Trinajstić information content (AvgIpc) is 3.09. The van der Waals surface area contributed by atoms with Crippen LogP contribution >= 0.6 is 0 Å². The van der Waals surface area contributed by atoms with Gasteiger partial charge in [0.2, 0.25) is 0 Å². The Hall–Kier alpha value is -4.72. The number of aromatic nitrogens is 2. The number of benzene rings is 4. The van der Waals surface area contributed by atoms with Crippen molar-refractivity contribution < 1.29 is 8.83 Å². The van der Waals surface area contributed by atoms with Crippen molar-refractivity contribution in [1.82, 2.24) is 9.13 Å². The summed E-state index contributed by atoms with van der Waals surface area (Å²) in [6, 6.07) is 10.5. The standard InChI is InChI=1S/C40H40N2O6/c1-3-5-7-9-11-13-19-41-37(43)23-15-17-27-33-31(23)25(39(41)45)21-29-35(33)36-30(48-27)22-26-32-24(16-18-28(47-29)34(32)36)38(44)42(40(26)46)20-14-12-10-8-6-4-2/h15-18,21-22H,3-14,19-20H2,1-2H3. The first kappa shape index (κ1) is 30.6. The second-order valence-electron chi connectivity index (χ2n) is 13.6. The average molecular weight is 645 g/mol. The Morgan fingerprint density at radius 2 is 0.771 bits per heavy atom. The molecular weight excluding hydrogens is 604 g/mol. The van der Waals surface area contributed by atoms with E-state index in [1.807, 2.05) is 0 Å². The van der Waals surface area contributed by atoms with Crippen molar-refractivity contribution in [2.24, 2.45) is 0 Å². The molecule has 8 rings (SSSR count). The van der Waals surface area contributed by atoms with Gasteiger partial charge in [0.25, 0.3) is 22.2 Å². The van der Waals surface area contributed by atoms with E-state index in [9.17, 15) is 19.2 Å². The molecule has 246 valence electrons. The predicted octanol–water partition coefficient (Wildman–Crippen LogP) is 9.02. The number of rotatable bonds is 14. The summed E-state index contributed by atoms with van der Waals surface area (Å²) < 4.78 is 15.8. The van der Waals surface area contributed by atoms with Crippen molar-refractivity contribution >= 4 is 76.2 Å². The molecular formula is C40H40N2O6. The van der Waals surface area contributed by atoms with Crippen LogP contribution in [-0.2, 0) is 13.1 Å². The fraction of sp³-hybridized carbons (Fsp3) is 0.400. The van der Waals surface area contributed by atoms with Crippen LogP contribution in [0.15, 0.2) is 64.4 Å². The summed E-state index contributed by atoms with van der Waals surface area (Å²) >= 11 is 0. The summed E-state index contributed by atoms with van der Waals surface area (Å²) in [7, 11) is 0. The second-order valence-corrected chi connectivity index (χ2v) is 13.6. The van der Waals surface area contributed by atoms with E-state index in [0.717, 1.165) is 62.1 Å². The molecule has 0 unspecified atom stereocenters. The third kappa shape index (κ3) is 4.55. The lowest BCUT2D eigenvalue weighted by Crippen LogP contribution is -2.33. The third-order valence-electron chi connectivity index (χ3n) is 10.5. The van der Waals surface area contributed by atoms with Crippen LogP contribution in [0.1, 0.15) is 90.9 Å². The third-order valence-corrected chi connectivity index (χ3v) is 10.5. The monoisotopic (exact) mass is 644 g/mol. The predicted molar refractivity (Wildman–Crippen MR) is 195 cm³/mol. The number of pyridine rings is 2. The number of unbranched alkanes of at least 4 members (excludes halogenated alkanes) is 10. The van der Waals surface area contributed by atoms with Crippen molar-refractivity contribution in [2.75, 3.05) is 0 Å². The number of hydrogen-bond acceptors (Lipinski definition) is 6. The molecule has 0 radical (unpaired) electrons. The molecule has 4 heterocycles. The molecule has 8 heteroatoms. The SMILES string of the molecule is CCCCCCCCn1c(=O)c2ccc3oc4cc5c(=O)n(CCCCCCCC)c(=O)c6ccc7oc8cc(c1=O)c2c3c8c4c7c65. The summed E-state index contributed by atoms with van der Waals surface area (Å²) in [6.45, 7) is 5.10. The summed E-state index contributed by atoms with van der Waals surface area (Å²) in [5, 5.41) is 5.65. The van der Waals surface area contributed by atoms with E-state index >= 15 is 0 Å². The fourth-order valence-electron chi connectivity index (χ4n) is 8.05. The van der Waals surface area contributed by atoms with Crippen molar-refractivity contribution in [2.45, 2.75) is 104 Å². The molecule has 0 aliphatic heterocycles. The zero-order valence-corrected chi connectivity index (χ0v) is 27.7. The molecule has 4 aromatic carbocycles. The lowest BCUT2D eigenvalue weighted by Gasteiger charge is -2.19.